The lowest BCUT2D eigenvalue weighted by Crippen LogP contribution is -2.16. The van der Waals surface area contributed by atoms with Gasteiger partial charge in [0.2, 0.25) is 0 Å². The molecule has 1 aliphatic carbocycles. The van der Waals surface area contributed by atoms with Crippen molar-refractivity contribution in [2.24, 2.45) is 0 Å². The lowest BCUT2D eigenvalue weighted by Gasteiger charge is -2.11. The first-order valence-corrected chi connectivity index (χ1v) is 7.32. The summed E-state index contributed by atoms with van der Waals surface area (Å²) in [5.41, 5.74) is 2.58. The second-order valence-electron chi connectivity index (χ2n) is 5.60. The summed E-state index contributed by atoms with van der Waals surface area (Å²) in [6.07, 6.45) is 6.35. The van der Waals surface area contributed by atoms with Crippen molar-refractivity contribution in [2.75, 3.05) is 6.54 Å². The molecule has 0 spiro atoms. The van der Waals surface area contributed by atoms with Crippen molar-refractivity contribution in [3.63, 3.8) is 0 Å². The topological polar surface area (TPSA) is 21.3 Å². The van der Waals surface area contributed by atoms with Crippen molar-refractivity contribution >= 4 is 5.57 Å². The number of ether oxygens (including phenoxy) is 1. The van der Waals surface area contributed by atoms with Gasteiger partial charge in [0.1, 0.15) is 5.75 Å². The quantitative estimate of drug-likeness (QED) is 0.747. The first kappa shape index (κ1) is 14.1. The minimum Gasteiger partial charge on any atom is -0.491 e. The van der Waals surface area contributed by atoms with Crippen LogP contribution >= 0.6 is 0 Å². The van der Waals surface area contributed by atoms with E-state index in [1.807, 2.05) is 6.07 Å². The third-order valence-corrected chi connectivity index (χ3v) is 3.27. The average molecular weight is 259 g/mol. The van der Waals surface area contributed by atoms with Crippen LogP contribution in [0.4, 0.5) is 0 Å². The average Bonchev–Trinajstić information content (AvgIpc) is 3.18. The molecule has 1 fully saturated rings. The predicted octanol–water partition coefficient (Wildman–Crippen LogP) is 4.02. The van der Waals surface area contributed by atoms with Crippen molar-refractivity contribution in [1.82, 2.24) is 5.32 Å². The van der Waals surface area contributed by atoms with Crippen LogP contribution in [0.2, 0.25) is 0 Å². The number of hydrogen-bond donors (Lipinski definition) is 1. The molecule has 0 bridgehead atoms. The summed E-state index contributed by atoms with van der Waals surface area (Å²) in [6, 6.07) is 9.16. The summed E-state index contributed by atoms with van der Waals surface area (Å²) in [7, 11) is 0. The number of nitrogens with one attached hydrogen (secondary N) is 1. The van der Waals surface area contributed by atoms with E-state index in [2.05, 4.69) is 50.4 Å². The van der Waals surface area contributed by atoms with Gasteiger partial charge in [0.15, 0.2) is 0 Å². The van der Waals surface area contributed by atoms with E-state index in [1.165, 1.54) is 24.0 Å². The summed E-state index contributed by atoms with van der Waals surface area (Å²) in [5, 5.41) is 3.53. The van der Waals surface area contributed by atoms with Gasteiger partial charge in [0.05, 0.1) is 6.10 Å². The van der Waals surface area contributed by atoms with Gasteiger partial charge in [-0.05, 0) is 69.8 Å². The van der Waals surface area contributed by atoms with E-state index in [-0.39, 0.29) is 6.10 Å². The Morgan fingerprint density at radius 1 is 1.42 bits per heavy atom. The van der Waals surface area contributed by atoms with E-state index in [1.54, 1.807) is 0 Å². The van der Waals surface area contributed by atoms with E-state index >= 15 is 0 Å². The number of rotatable bonds is 7. The highest BCUT2D eigenvalue weighted by Crippen LogP contribution is 2.21. The molecule has 1 aliphatic rings. The Morgan fingerprint density at radius 3 is 2.89 bits per heavy atom. The van der Waals surface area contributed by atoms with Gasteiger partial charge in [-0.3, -0.25) is 0 Å². The highest BCUT2D eigenvalue weighted by molar-refractivity contribution is 5.64. The zero-order valence-corrected chi connectivity index (χ0v) is 12.3. The van der Waals surface area contributed by atoms with Gasteiger partial charge in [-0.15, -0.1) is 0 Å². The molecule has 0 saturated heterocycles. The lowest BCUT2D eigenvalue weighted by molar-refractivity contribution is 0.242. The van der Waals surface area contributed by atoms with Crippen molar-refractivity contribution in [3.8, 4) is 5.75 Å². The highest BCUT2D eigenvalue weighted by Gasteiger charge is 2.19. The summed E-state index contributed by atoms with van der Waals surface area (Å²) >= 11 is 0. The Bertz CT molecular complexity index is 433. The van der Waals surface area contributed by atoms with Gasteiger partial charge in [-0.25, -0.2) is 0 Å². The van der Waals surface area contributed by atoms with Crippen LogP contribution in [0.5, 0.6) is 5.75 Å². The van der Waals surface area contributed by atoms with Gasteiger partial charge >= 0.3 is 0 Å². The monoisotopic (exact) mass is 259 g/mol. The second kappa shape index (κ2) is 6.76. The standard InChI is InChI=1S/C17H25NO/c1-13(2)19-17-8-4-7-15(12-17)14(3)6-5-11-18-16-9-10-16/h4,6-8,12-13,16,18H,5,9-11H2,1-3H3. The Morgan fingerprint density at radius 2 is 2.21 bits per heavy atom. The van der Waals surface area contributed by atoms with Crippen molar-refractivity contribution < 1.29 is 4.74 Å². The third-order valence-electron chi connectivity index (χ3n) is 3.27. The first-order valence-electron chi connectivity index (χ1n) is 7.32. The van der Waals surface area contributed by atoms with Crippen molar-refractivity contribution in [1.29, 1.82) is 0 Å². The fourth-order valence-electron chi connectivity index (χ4n) is 2.07. The van der Waals surface area contributed by atoms with E-state index in [9.17, 15) is 0 Å². The van der Waals surface area contributed by atoms with Gasteiger partial charge in [0.25, 0.3) is 0 Å². The second-order valence-corrected chi connectivity index (χ2v) is 5.60. The minimum absolute atomic E-state index is 0.224. The van der Waals surface area contributed by atoms with Crippen LogP contribution in [0.3, 0.4) is 0 Å². The van der Waals surface area contributed by atoms with Crippen molar-refractivity contribution in [2.45, 2.75) is 52.2 Å². The Kier molecular flexibility index (Phi) is 5.03. The third kappa shape index (κ3) is 5.07. The molecule has 1 aromatic carbocycles. The van der Waals surface area contributed by atoms with Crippen LogP contribution in [0, 0.1) is 0 Å². The largest absolute Gasteiger partial charge is 0.491 e. The summed E-state index contributed by atoms with van der Waals surface area (Å²) in [5.74, 6) is 0.955. The van der Waals surface area contributed by atoms with Crippen molar-refractivity contribution in [3.05, 3.63) is 35.9 Å². The van der Waals surface area contributed by atoms with Gasteiger partial charge in [0, 0.05) is 6.04 Å². The Labute approximate surface area is 116 Å². The Balaban J connectivity index is 1.88. The van der Waals surface area contributed by atoms with Crippen LogP contribution in [-0.2, 0) is 0 Å². The van der Waals surface area contributed by atoms with Gasteiger partial charge in [-0.2, -0.15) is 0 Å². The predicted molar refractivity (Wildman–Crippen MR) is 81.5 cm³/mol. The fourth-order valence-corrected chi connectivity index (χ4v) is 2.07. The molecule has 0 radical (unpaired) electrons. The molecular formula is C17H25NO. The van der Waals surface area contributed by atoms with Crippen LogP contribution in [0.1, 0.15) is 45.6 Å². The molecule has 19 heavy (non-hydrogen) atoms. The number of hydrogen-bond acceptors (Lipinski definition) is 2. The van der Waals surface area contributed by atoms with Crippen LogP contribution in [0.15, 0.2) is 30.3 Å². The minimum atomic E-state index is 0.224. The highest BCUT2D eigenvalue weighted by atomic mass is 16.5. The molecule has 104 valence electrons. The van der Waals surface area contributed by atoms with Gasteiger partial charge < -0.3 is 10.1 Å². The number of allylic oxidation sites excluding steroid dienone is 1. The Hall–Kier alpha value is -1.28. The molecule has 0 amide bonds. The normalized spacial score (nSPS) is 15.9. The van der Waals surface area contributed by atoms with Crippen LogP contribution in [-0.4, -0.2) is 18.7 Å². The molecule has 0 unspecified atom stereocenters. The molecule has 1 aromatic rings. The lowest BCUT2D eigenvalue weighted by atomic mass is 10.1. The molecule has 0 aliphatic heterocycles. The molecule has 2 heteroatoms. The molecular weight excluding hydrogens is 234 g/mol. The molecule has 2 nitrogen and oxygen atoms in total. The maximum Gasteiger partial charge on any atom is 0.120 e. The fraction of sp³-hybridized carbons (Fsp3) is 0.529. The van der Waals surface area contributed by atoms with E-state index in [0.717, 1.165) is 24.8 Å². The molecule has 1 saturated carbocycles. The van der Waals surface area contributed by atoms with E-state index in [4.69, 9.17) is 4.74 Å². The smallest absolute Gasteiger partial charge is 0.120 e. The first-order chi connectivity index (χ1) is 9.15. The summed E-state index contributed by atoms with van der Waals surface area (Å²) < 4.78 is 5.73. The van der Waals surface area contributed by atoms with Crippen LogP contribution < -0.4 is 10.1 Å². The molecule has 0 aromatic heterocycles. The van der Waals surface area contributed by atoms with Gasteiger partial charge in [-0.1, -0.05) is 18.2 Å². The number of benzene rings is 1. The molecule has 0 heterocycles. The molecule has 0 atom stereocenters. The zero-order valence-electron chi connectivity index (χ0n) is 12.3. The summed E-state index contributed by atoms with van der Waals surface area (Å²) in [4.78, 5) is 0. The summed E-state index contributed by atoms with van der Waals surface area (Å²) in [6.45, 7) is 7.37. The maximum absolute atomic E-state index is 5.73. The maximum atomic E-state index is 5.73. The molecule has 2 rings (SSSR count). The van der Waals surface area contributed by atoms with E-state index < -0.39 is 0 Å². The molecule has 1 N–H and O–H groups in total. The van der Waals surface area contributed by atoms with E-state index in [0.29, 0.717) is 0 Å². The SMILES string of the molecule is CC(=CCCNC1CC1)c1cccc(OC(C)C)c1. The van der Waals surface area contributed by atoms with Crippen LogP contribution in [0.25, 0.3) is 5.57 Å². The zero-order chi connectivity index (χ0) is 13.7.